The van der Waals surface area contributed by atoms with Crippen LogP contribution in [0.5, 0.6) is 0 Å². The zero-order chi connectivity index (χ0) is 20.3. The van der Waals surface area contributed by atoms with Gasteiger partial charge in [0, 0.05) is 29.0 Å². The van der Waals surface area contributed by atoms with Crippen LogP contribution in [0, 0.1) is 5.92 Å². The molecule has 158 valence electrons. The number of nitrogens with one attached hydrogen (secondary N) is 1. The van der Waals surface area contributed by atoms with E-state index >= 15 is 0 Å². The van der Waals surface area contributed by atoms with Crippen LogP contribution < -0.4 is 5.32 Å². The smallest absolute Gasteiger partial charge is 0.224 e. The second kappa shape index (κ2) is 9.19. The highest BCUT2D eigenvalue weighted by Crippen LogP contribution is 2.34. The van der Waals surface area contributed by atoms with E-state index < -0.39 is 5.60 Å². The molecular weight excluding hydrogens is 432 g/mol. The summed E-state index contributed by atoms with van der Waals surface area (Å²) in [4.78, 5) is 12.7. The standard InChI is InChI=1S/C23H31BrN2O3/c24-18-8-5-9-20-22(18)19(14-26(20)13-12-23(28)15-29-16-23)25-21(27)11-10-17-6-3-1-2-4-7-17/h5,8-9,14,17,28H,1-4,6-7,10-13,15-16H2,(H,25,27). The summed E-state index contributed by atoms with van der Waals surface area (Å²) in [7, 11) is 0. The number of halogens is 1. The topological polar surface area (TPSA) is 63.5 Å². The molecule has 0 radical (unpaired) electrons. The summed E-state index contributed by atoms with van der Waals surface area (Å²) in [5.41, 5.74) is 1.18. The van der Waals surface area contributed by atoms with Crippen molar-refractivity contribution in [1.82, 2.24) is 4.57 Å². The van der Waals surface area contributed by atoms with Gasteiger partial charge in [-0.15, -0.1) is 0 Å². The number of hydrogen-bond donors (Lipinski definition) is 2. The predicted molar refractivity (Wildman–Crippen MR) is 119 cm³/mol. The summed E-state index contributed by atoms with van der Waals surface area (Å²) in [6, 6.07) is 6.06. The van der Waals surface area contributed by atoms with E-state index in [1.807, 2.05) is 18.3 Å². The van der Waals surface area contributed by atoms with Crippen molar-refractivity contribution < 1.29 is 14.6 Å². The lowest BCUT2D eigenvalue weighted by atomic mass is 9.95. The normalized spacial score (nSPS) is 19.7. The van der Waals surface area contributed by atoms with Crippen LogP contribution >= 0.6 is 15.9 Å². The van der Waals surface area contributed by atoms with Crippen LogP contribution in [0.15, 0.2) is 28.9 Å². The first-order chi connectivity index (χ1) is 14.0. The molecule has 5 nitrogen and oxygen atoms in total. The molecule has 1 amide bonds. The van der Waals surface area contributed by atoms with Gasteiger partial charge in [-0.05, 0) is 30.9 Å². The number of amides is 1. The molecule has 1 saturated heterocycles. The highest BCUT2D eigenvalue weighted by Gasteiger charge is 2.35. The molecule has 2 fully saturated rings. The Bertz CT molecular complexity index is 851. The number of ether oxygens (including phenoxy) is 1. The largest absolute Gasteiger partial charge is 0.385 e. The fourth-order valence-electron chi connectivity index (χ4n) is 4.60. The Morgan fingerprint density at radius 1 is 1.24 bits per heavy atom. The summed E-state index contributed by atoms with van der Waals surface area (Å²) in [5, 5.41) is 14.5. The van der Waals surface area contributed by atoms with E-state index in [9.17, 15) is 9.90 Å². The van der Waals surface area contributed by atoms with E-state index in [4.69, 9.17) is 4.74 Å². The number of fused-ring (bicyclic) bond motifs is 1. The maximum absolute atomic E-state index is 12.7. The summed E-state index contributed by atoms with van der Waals surface area (Å²) < 4.78 is 8.24. The molecule has 29 heavy (non-hydrogen) atoms. The third kappa shape index (κ3) is 5.04. The first kappa shape index (κ1) is 20.9. The first-order valence-electron chi connectivity index (χ1n) is 10.9. The highest BCUT2D eigenvalue weighted by atomic mass is 79.9. The lowest BCUT2D eigenvalue weighted by Crippen LogP contribution is -2.50. The van der Waals surface area contributed by atoms with Crippen molar-refractivity contribution in [3.63, 3.8) is 0 Å². The minimum Gasteiger partial charge on any atom is -0.385 e. The number of carbonyl (C=O) groups excluding carboxylic acids is 1. The molecule has 1 aromatic heterocycles. The van der Waals surface area contributed by atoms with Gasteiger partial charge in [0.25, 0.3) is 0 Å². The van der Waals surface area contributed by atoms with E-state index in [-0.39, 0.29) is 5.91 Å². The number of aryl methyl sites for hydroxylation is 1. The molecule has 6 heteroatoms. The van der Waals surface area contributed by atoms with E-state index in [1.165, 1.54) is 38.5 Å². The zero-order valence-electron chi connectivity index (χ0n) is 17.0. The van der Waals surface area contributed by atoms with Gasteiger partial charge < -0.3 is 19.7 Å². The molecule has 0 unspecified atom stereocenters. The Morgan fingerprint density at radius 2 is 2.00 bits per heavy atom. The Labute approximate surface area is 180 Å². The Hall–Kier alpha value is -1.37. The van der Waals surface area contributed by atoms with Crippen LogP contribution in [-0.4, -0.2) is 34.4 Å². The second-order valence-corrected chi connectivity index (χ2v) is 9.64. The zero-order valence-corrected chi connectivity index (χ0v) is 18.5. The van der Waals surface area contributed by atoms with Crippen LogP contribution in [0.4, 0.5) is 5.69 Å². The monoisotopic (exact) mass is 462 g/mol. The third-order valence-corrected chi connectivity index (χ3v) is 7.10. The first-order valence-corrected chi connectivity index (χ1v) is 11.7. The number of nitrogens with zero attached hydrogens (tertiary/aromatic N) is 1. The minimum absolute atomic E-state index is 0.0927. The van der Waals surface area contributed by atoms with Crippen LogP contribution in [0.25, 0.3) is 10.9 Å². The van der Waals surface area contributed by atoms with Crippen LogP contribution in [0.2, 0.25) is 0 Å². The van der Waals surface area contributed by atoms with Crippen molar-refractivity contribution in [3.05, 3.63) is 28.9 Å². The summed E-state index contributed by atoms with van der Waals surface area (Å²) in [5.74, 6) is 0.789. The molecule has 2 N–H and O–H groups in total. The summed E-state index contributed by atoms with van der Waals surface area (Å²) in [6.45, 7) is 1.49. The number of aromatic nitrogens is 1. The van der Waals surface area contributed by atoms with Gasteiger partial charge >= 0.3 is 0 Å². The van der Waals surface area contributed by atoms with Gasteiger partial charge in [0.15, 0.2) is 0 Å². The molecule has 4 rings (SSSR count). The minimum atomic E-state index is -0.718. The molecule has 0 spiro atoms. The van der Waals surface area contributed by atoms with Crippen molar-refractivity contribution in [1.29, 1.82) is 0 Å². The quantitative estimate of drug-likeness (QED) is 0.552. The summed E-state index contributed by atoms with van der Waals surface area (Å²) >= 11 is 3.64. The maximum atomic E-state index is 12.7. The van der Waals surface area contributed by atoms with Gasteiger partial charge in [-0.2, -0.15) is 0 Å². The van der Waals surface area contributed by atoms with Gasteiger partial charge in [0.2, 0.25) is 5.91 Å². The van der Waals surface area contributed by atoms with E-state index in [2.05, 4.69) is 31.9 Å². The number of benzene rings is 1. The Morgan fingerprint density at radius 3 is 2.69 bits per heavy atom. The number of aliphatic hydroxyl groups is 1. The van der Waals surface area contributed by atoms with Crippen molar-refractivity contribution in [2.24, 2.45) is 5.92 Å². The number of anilines is 1. The number of carbonyl (C=O) groups is 1. The van der Waals surface area contributed by atoms with Gasteiger partial charge in [-0.25, -0.2) is 0 Å². The molecule has 2 aliphatic rings. The molecule has 1 aliphatic carbocycles. The fourth-order valence-corrected chi connectivity index (χ4v) is 5.17. The predicted octanol–water partition coefficient (Wildman–Crippen LogP) is 5.24. The van der Waals surface area contributed by atoms with Crippen molar-refractivity contribution in [2.75, 3.05) is 18.5 Å². The molecule has 0 atom stereocenters. The van der Waals surface area contributed by atoms with Gasteiger partial charge in [0.1, 0.15) is 5.60 Å². The molecular formula is C23H31BrN2O3. The Kier molecular flexibility index (Phi) is 6.62. The molecule has 2 aromatic rings. The lowest BCUT2D eigenvalue weighted by molar-refractivity contribution is -0.182. The number of rotatable bonds is 7. The van der Waals surface area contributed by atoms with E-state index in [0.717, 1.165) is 27.5 Å². The Balaban J connectivity index is 1.43. The third-order valence-electron chi connectivity index (χ3n) is 6.44. The van der Waals surface area contributed by atoms with E-state index in [1.54, 1.807) is 0 Å². The van der Waals surface area contributed by atoms with Crippen LogP contribution in [0.3, 0.4) is 0 Å². The molecule has 2 heterocycles. The molecule has 1 aromatic carbocycles. The van der Waals surface area contributed by atoms with E-state index in [0.29, 0.717) is 38.5 Å². The SMILES string of the molecule is O=C(CCC1CCCCCC1)Nc1cn(CCC2(O)COC2)c2cccc(Br)c12. The fraction of sp³-hybridized carbons (Fsp3) is 0.609. The van der Waals surface area contributed by atoms with Crippen molar-refractivity contribution in [3.8, 4) is 0 Å². The second-order valence-electron chi connectivity index (χ2n) is 8.78. The highest BCUT2D eigenvalue weighted by molar-refractivity contribution is 9.10. The van der Waals surface area contributed by atoms with Gasteiger partial charge in [-0.1, -0.05) is 60.5 Å². The van der Waals surface area contributed by atoms with Crippen molar-refractivity contribution in [2.45, 2.75) is 69.9 Å². The molecule has 1 aliphatic heterocycles. The van der Waals surface area contributed by atoms with Gasteiger partial charge in [0.05, 0.1) is 24.4 Å². The molecule has 1 saturated carbocycles. The van der Waals surface area contributed by atoms with Crippen LogP contribution in [0.1, 0.15) is 57.8 Å². The molecule has 0 bridgehead atoms. The van der Waals surface area contributed by atoms with Crippen LogP contribution in [-0.2, 0) is 16.1 Å². The summed E-state index contributed by atoms with van der Waals surface area (Å²) in [6.07, 6.45) is 12.1. The number of hydrogen-bond acceptors (Lipinski definition) is 3. The van der Waals surface area contributed by atoms with Crippen molar-refractivity contribution >= 4 is 38.4 Å². The maximum Gasteiger partial charge on any atom is 0.224 e. The average Bonchev–Trinajstić information content (AvgIpc) is 2.85. The van der Waals surface area contributed by atoms with Gasteiger partial charge in [-0.3, -0.25) is 4.79 Å². The average molecular weight is 463 g/mol. The lowest BCUT2D eigenvalue weighted by Gasteiger charge is -2.36.